The predicted molar refractivity (Wildman–Crippen MR) is 229 cm³/mol. The van der Waals surface area contributed by atoms with Crippen LogP contribution in [-0.4, -0.2) is 0 Å². The monoisotopic (exact) mass is 701 g/mol. The van der Waals surface area contributed by atoms with Crippen molar-refractivity contribution in [1.82, 2.24) is 0 Å². The minimum Gasteiger partial charge on any atom is -0.455 e. The number of rotatable bonds is 6. The number of hydrogen-bond donors (Lipinski definition) is 0. The SMILES string of the molecule is c1ccc(C2(c3ccc(N(c4cccc(-c5cccc6c5oc5ccccc56)c4)c4ccc5ccccc5c4)cc3)c3ccccc3-c3ccccc32)cc1. The van der Waals surface area contributed by atoms with Gasteiger partial charge in [0.2, 0.25) is 0 Å². The van der Waals surface area contributed by atoms with Crippen LogP contribution in [-0.2, 0) is 5.41 Å². The Bertz CT molecular complexity index is 3000. The number of fused-ring (bicyclic) bond motifs is 7. The predicted octanol–water partition coefficient (Wildman–Crippen LogP) is 14.2. The van der Waals surface area contributed by atoms with Crippen LogP contribution in [0.4, 0.5) is 17.1 Å². The van der Waals surface area contributed by atoms with Gasteiger partial charge >= 0.3 is 0 Å². The third kappa shape index (κ3) is 4.82. The lowest BCUT2D eigenvalue weighted by Crippen LogP contribution is -2.28. The maximum absolute atomic E-state index is 6.50. The molecule has 0 atom stereocenters. The second-order valence-electron chi connectivity index (χ2n) is 14.5. The molecule has 11 rings (SSSR count). The molecule has 0 saturated carbocycles. The summed E-state index contributed by atoms with van der Waals surface area (Å²) >= 11 is 0. The van der Waals surface area contributed by atoms with E-state index >= 15 is 0 Å². The summed E-state index contributed by atoms with van der Waals surface area (Å²) < 4.78 is 6.50. The van der Waals surface area contributed by atoms with Gasteiger partial charge in [-0.05, 0) is 92.2 Å². The molecule has 0 unspecified atom stereocenters. The summed E-state index contributed by atoms with van der Waals surface area (Å²) in [6.45, 7) is 0. The summed E-state index contributed by atoms with van der Waals surface area (Å²) in [6.07, 6.45) is 0. The zero-order valence-corrected chi connectivity index (χ0v) is 30.1. The van der Waals surface area contributed by atoms with Crippen LogP contribution in [0.2, 0.25) is 0 Å². The van der Waals surface area contributed by atoms with E-state index < -0.39 is 5.41 Å². The molecule has 10 aromatic rings. The molecule has 0 amide bonds. The number of nitrogens with zero attached hydrogens (tertiary/aromatic N) is 1. The molecule has 0 radical (unpaired) electrons. The van der Waals surface area contributed by atoms with Gasteiger partial charge < -0.3 is 9.32 Å². The van der Waals surface area contributed by atoms with Gasteiger partial charge in [-0.1, -0.05) is 170 Å². The molecule has 2 nitrogen and oxygen atoms in total. The lowest BCUT2D eigenvalue weighted by Gasteiger charge is -2.34. The zero-order valence-electron chi connectivity index (χ0n) is 30.1. The van der Waals surface area contributed by atoms with E-state index in [1.807, 2.05) is 12.1 Å². The number of benzene rings is 9. The van der Waals surface area contributed by atoms with Gasteiger partial charge in [-0.3, -0.25) is 0 Å². The van der Waals surface area contributed by atoms with Gasteiger partial charge in [-0.2, -0.15) is 0 Å². The molecule has 1 heterocycles. The molecular weight excluding hydrogens is 667 g/mol. The second kappa shape index (κ2) is 12.5. The van der Waals surface area contributed by atoms with Gasteiger partial charge in [-0.15, -0.1) is 0 Å². The van der Waals surface area contributed by atoms with E-state index in [9.17, 15) is 0 Å². The van der Waals surface area contributed by atoms with Crippen LogP contribution in [0.1, 0.15) is 22.3 Å². The highest BCUT2D eigenvalue weighted by Crippen LogP contribution is 2.56. The molecule has 9 aromatic carbocycles. The second-order valence-corrected chi connectivity index (χ2v) is 14.5. The van der Waals surface area contributed by atoms with Crippen molar-refractivity contribution < 1.29 is 4.42 Å². The van der Waals surface area contributed by atoms with Crippen LogP contribution in [0.25, 0.3) is 55.0 Å². The van der Waals surface area contributed by atoms with Crippen molar-refractivity contribution in [3.63, 3.8) is 0 Å². The summed E-state index contributed by atoms with van der Waals surface area (Å²) in [6, 6.07) is 77.0. The highest BCUT2D eigenvalue weighted by molar-refractivity contribution is 6.09. The fourth-order valence-corrected chi connectivity index (χ4v) is 9.12. The fourth-order valence-electron chi connectivity index (χ4n) is 9.12. The normalized spacial score (nSPS) is 12.9. The Morgan fingerprint density at radius 2 is 0.945 bits per heavy atom. The van der Waals surface area contributed by atoms with Crippen LogP contribution in [0.3, 0.4) is 0 Å². The number of anilines is 3. The molecule has 2 heteroatoms. The van der Waals surface area contributed by atoms with Crippen molar-refractivity contribution in [2.75, 3.05) is 4.90 Å². The minimum absolute atomic E-state index is 0.452. The van der Waals surface area contributed by atoms with Gasteiger partial charge in [0.05, 0.1) is 5.41 Å². The highest BCUT2D eigenvalue weighted by Gasteiger charge is 2.45. The van der Waals surface area contributed by atoms with E-state index in [-0.39, 0.29) is 0 Å². The van der Waals surface area contributed by atoms with Gasteiger partial charge in [0, 0.05) is 33.4 Å². The van der Waals surface area contributed by atoms with Crippen molar-refractivity contribution in [1.29, 1.82) is 0 Å². The summed E-state index contributed by atoms with van der Waals surface area (Å²) in [4.78, 5) is 2.38. The molecule has 0 spiro atoms. The Hall–Kier alpha value is -7.16. The molecule has 258 valence electrons. The Morgan fingerprint density at radius 3 is 1.75 bits per heavy atom. The molecule has 0 saturated heterocycles. The number of furan rings is 1. The van der Waals surface area contributed by atoms with Crippen LogP contribution in [0, 0.1) is 0 Å². The van der Waals surface area contributed by atoms with Gasteiger partial charge in [0.15, 0.2) is 0 Å². The first kappa shape index (κ1) is 31.4. The van der Waals surface area contributed by atoms with Crippen molar-refractivity contribution in [3.05, 3.63) is 235 Å². The number of hydrogen-bond acceptors (Lipinski definition) is 2. The highest BCUT2D eigenvalue weighted by atomic mass is 16.3. The summed E-state index contributed by atoms with van der Waals surface area (Å²) in [5.41, 5.74) is 14.5. The Kier molecular flexibility index (Phi) is 7.11. The first-order valence-electron chi connectivity index (χ1n) is 18.9. The zero-order chi connectivity index (χ0) is 36.3. The third-order valence-corrected chi connectivity index (χ3v) is 11.5. The summed E-state index contributed by atoms with van der Waals surface area (Å²) in [7, 11) is 0. The molecule has 0 aliphatic heterocycles. The Morgan fingerprint density at radius 1 is 0.364 bits per heavy atom. The molecule has 0 N–H and O–H groups in total. The Balaban J connectivity index is 1.10. The fraction of sp³-hybridized carbons (Fsp3) is 0.0189. The maximum atomic E-state index is 6.50. The van der Waals surface area contributed by atoms with Gasteiger partial charge in [0.1, 0.15) is 11.2 Å². The van der Waals surface area contributed by atoms with Gasteiger partial charge in [0.25, 0.3) is 0 Å². The van der Waals surface area contributed by atoms with Crippen LogP contribution in [0.15, 0.2) is 217 Å². The lowest BCUT2D eigenvalue weighted by atomic mass is 9.68. The van der Waals surface area contributed by atoms with Crippen LogP contribution in [0.5, 0.6) is 0 Å². The van der Waals surface area contributed by atoms with E-state index in [1.165, 1.54) is 44.2 Å². The van der Waals surface area contributed by atoms with Crippen molar-refractivity contribution in [2.24, 2.45) is 0 Å². The van der Waals surface area contributed by atoms with E-state index in [0.717, 1.165) is 50.1 Å². The van der Waals surface area contributed by atoms with Crippen molar-refractivity contribution in [3.8, 4) is 22.3 Å². The Labute approximate surface area is 320 Å². The summed E-state index contributed by atoms with van der Waals surface area (Å²) in [5, 5.41) is 4.68. The quantitative estimate of drug-likeness (QED) is 0.172. The molecule has 55 heavy (non-hydrogen) atoms. The largest absolute Gasteiger partial charge is 0.455 e. The van der Waals surface area contributed by atoms with Crippen molar-refractivity contribution in [2.45, 2.75) is 5.41 Å². The van der Waals surface area contributed by atoms with E-state index in [1.54, 1.807) is 0 Å². The number of para-hydroxylation sites is 2. The molecule has 1 aromatic heterocycles. The third-order valence-electron chi connectivity index (χ3n) is 11.5. The first-order valence-corrected chi connectivity index (χ1v) is 18.9. The van der Waals surface area contributed by atoms with E-state index in [4.69, 9.17) is 4.42 Å². The minimum atomic E-state index is -0.452. The lowest BCUT2D eigenvalue weighted by molar-refractivity contribution is 0.670. The standard InChI is InChI=1S/C53H35NO/c1-2-17-39(18-3-1)53(49-25-9-6-20-45(49)46-21-7-10-26-50(46)53)40-29-32-41(33-30-40)54(43-31-28-36-14-4-5-15-37(36)34-43)42-19-12-16-38(35-42)44-23-13-24-48-47-22-8-11-27-51(47)55-52(44)48/h1-35H. The smallest absolute Gasteiger partial charge is 0.143 e. The first-order chi connectivity index (χ1) is 27.3. The molecule has 1 aliphatic carbocycles. The van der Waals surface area contributed by atoms with Crippen LogP contribution < -0.4 is 4.90 Å². The molecule has 1 aliphatic rings. The average Bonchev–Trinajstić information content (AvgIpc) is 3.79. The van der Waals surface area contributed by atoms with E-state index in [2.05, 4.69) is 205 Å². The molecular formula is C53H35NO. The van der Waals surface area contributed by atoms with Gasteiger partial charge in [-0.25, -0.2) is 0 Å². The molecule has 0 bridgehead atoms. The maximum Gasteiger partial charge on any atom is 0.143 e. The topological polar surface area (TPSA) is 16.4 Å². The van der Waals surface area contributed by atoms with Crippen LogP contribution >= 0.6 is 0 Å². The molecule has 0 fully saturated rings. The van der Waals surface area contributed by atoms with Crippen molar-refractivity contribution >= 4 is 49.8 Å². The summed E-state index contributed by atoms with van der Waals surface area (Å²) in [5.74, 6) is 0. The average molecular weight is 702 g/mol. The van der Waals surface area contributed by atoms with E-state index in [0.29, 0.717) is 0 Å².